The molecule has 0 heterocycles. The third-order valence-electron chi connectivity index (χ3n) is 4.29. The van der Waals surface area contributed by atoms with E-state index in [4.69, 9.17) is 4.43 Å². The molecule has 0 spiro atoms. The molecule has 0 bridgehead atoms. The molecule has 133 valence electrons. The van der Waals surface area contributed by atoms with E-state index in [0.717, 1.165) is 23.5 Å². The van der Waals surface area contributed by atoms with Gasteiger partial charge in [-0.05, 0) is 31.9 Å². The molecule has 0 aliphatic carbocycles. The van der Waals surface area contributed by atoms with Gasteiger partial charge in [0.25, 0.3) is 0 Å². The smallest absolute Gasteiger partial charge is 0.208 e. The van der Waals surface area contributed by atoms with Gasteiger partial charge in [-0.25, -0.2) is 0 Å². The first kappa shape index (κ1) is 22.0. The number of nitrogens with zero attached hydrogens (tertiary/aromatic N) is 1. The molecule has 0 rings (SSSR count). The minimum Gasteiger partial charge on any atom is -0.416 e. The Labute approximate surface area is 138 Å². The molecular formula is C16H37NO4Si+. The monoisotopic (exact) mass is 335 g/mol. The van der Waals surface area contributed by atoms with Gasteiger partial charge in [0, 0.05) is 6.61 Å². The second-order valence-electron chi connectivity index (χ2n) is 7.16. The van der Waals surface area contributed by atoms with Crippen LogP contribution in [0.1, 0.15) is 32.6 Å². The van der Waals surface area contributed by atoms with Crippen molar-refractivity contribution < 1.29 is 24.2 Å². The Morgan fingerprint density at radius 3 is 2.00 bits per heavy atom. The predicted octanol–water partition coefficient (Wildman–Crippen LogP) is 1.24. The van der Waals surface area contributed by atoms with E-state index in [1.54, 1.807) is 0 Å². The fourth-order valence-corrected chi connectivity index (χ4v) is 3.65. The fourth-order valence-electron chi connectivity index (χ4n) is 2.29. The van der Waals surface area contributed by atoms with Gasteiger partial charge in [-0.3, -0.25) is 0 Å². The Balaban J connectivity index is 3.96. The zero-order valence-electron chi connectivity index (χ0n) is 15.0. The Morgan fingerprint density at radius 1 is 0.955 bits per heavy atom. The van der Waals surface area contributed by atoms with E-state index in [9.17, 15) is 15.3 Å². The average Bonchev–Trinajstić information content (AvgIpc) is 2.49. The third kappa shape index (κ3) is 9.22. The van der Waals surface area contributed by atoms with Crippen LogP contribution >= 0.6 is 0 Å². The van der Waals surface area contributed by atoms with Crippen LogP contribution in [0.5, 0.6) is 0 Å². The highest BCUT2D eigenvalue weighted by molar-refractivity contribution is 6.50. The quantitative estimate of drug-likeness (QED) is 0.254. The van der Waals surface area contributed by atoms with Crippen LogP contribution in [-0.4, -0.2) is 82.5 Å². The fraction of sp³-hybridized carbons (Fsp3) is 1.00. The number of aliphatic hydroxyl groups is 3. The maximum Gasteiger partial charge on any atom is 0.208 e. The Hall–Kier alpha value is 0.0169. The lowest BCUT2D eigenvalue weighted by atomic mass is 9.93. The van der Waals surface area contributed by atoms with E-state index in [-0.39, 0.29) is 26.4 Å². The number of aliphatic hydroxyl groups excluding tert-OH is 3. The van der Waals surface area contributed by atoms with Crippen molar-refractivity contribution in [3.8, 4) is 0 Å². The Kier molecular flexibility index (Phi) is 11.5. The van der Waals surface area contributed by atoms with E-state index in [1.165, 1.54) is 25.8 Å². The molecule has 22 heavy (non-hydrogen) atoms. The molecule has 0 saturated carbocycles. The first-order chi connectivity index (χ1) is 10.3. The molecule has 0 aliphatic heterocycles. The lowest BCUT2D eigenvalue weighted by Crippen LogP contribution is -2.42. The molecule has 3 N–H and O–H groups in total. The largest absolute Gasteiger partial charge is 0.416 e. The van der Waals surface area contributed by atoms with Crippen LogP contribution in [0.25, 0.3) is 0 Å². The van der Waals surface area contributed by atoms with Crippen LogP contribution in [0, 0.1) is 5.41 Å². The van der Waals surface area contributed by atoms with E-state index in [0.29, 0.717) is 0 Å². The van der Waals surface area contributed by atoms with Gasteiger partial charge in [0.05, 0.1) is 52.4 Å². The minimum atomic E-state index is -0.942. The second kappa shape index (κ2) is 11.5. The molecule has 0 amide bonds. The second-order valence-corrected chi connectivity index (χ2v) is 9.35. The normalized spacial score (nSPS) is 13.1. The van der Waals surface area contributed by atoms with Gasteiger partial charge in [-0.15, -0.1) is 0 Å². The van der Waals surface area contributed by atoms with Gasteiger partial charge in [0.2, 0.25) is 9.04 Å². The molecule has 1 radical (unpaired) electrons. The van der Waals surface area contributed by atoms with E-state index in [2.05, 4.69) is 27.6 Å². The number of hydrogen-bond donors (Lipinski definition) is 3. The van der Waals surface area contributed by atoms with Gasteiger partial charge in [-0.2, -0.15) is 0 Å². The lowest BCUT2D eigenvalue weighted by Gasteiger charge is -2.31. The van der Waals surface area contributed by atoms with Crippen LogP contribution in [0.15, 0.2) is 0 Å². The molecule has 0 aliphatic rings. The maximum absolute atomic E-state index is 9.28. The topological polar surface area (TPSA) is 69.9 Å². The SMILES string of the molecule is CCCCC[N+](C)(C)CCC[Si](C)OCC(CO)(CO)CO. The number of rotatable bonds is 14. The van der Waals surface area contributed by atoms with E-state index >= 15 is 0 Å². The highest BCUT2D eigenvalue weighted by Gasteiger charge is 2.29. The van der Waals surface area contributed by atoms with Crippen molar-refractivity contribution in [2.45, 2.75) is 45.2 Å². The van der Waals surface area contributed by atoms with Crippen molar-refractivity contribution in [3.63, 3.8) is 0 Å². The average molecular weight is 336 g/mol. The number of quaternary nitrogens is 1. The van der Waals surface area contributed by atoms with Crippen LogP contribution in [0.4, 0.5) is 0 Å². The predicted molar refractivity (Wildman–Crippen MR) is 92.1 cm³/mol. The minimum absolute atomic E-state index is 0.232. The summed E-state index contributed by atoms with van der Waals surface area (Å²) in [5.41, 5.74) is -0.901. The van der Waals surface area contributed by atoms with Crippen LogP contribution in [0.2, 0.25) is 12.6 Å². The molecule has 0 saturated heterocycles. The van der Waals surface area contributed by atoms with Gasteiger partial charge in [-0.1, -0.05) is 13.3 Å². The summed E-state index contributed by atoms with van der Waals surface area (Å²) in [7, 11) is 3.63. The molecule has 0 atom stereocenters. The van der Waals surface area contributed by atoms with Crippen molar-refractivity contribution in [1.82, 2.24) is 0 Å². The molecule has 0 unspecified atom stereocenters. The van der Waals surface area contributed by atoms with Crippen LogP contribution in [-0.2, 0) is 4.43 Å². The molecule has 5 nitrogen and oxygen atoms in total. The zero-order chi connectivity index (χ0) is 17.1. The summed E-state index contributed by atoms with van der Waals surface area (Å²) in [6.45, 7) is 6.19. The van der Waals surface area contributed by atoms with Gasteiger partial charge >= 0.3 is 0 Å². The highest BCUT2D eigenvalue weighted by atomic mass is 28.3. The van der Waals surface area contributed by atoms with Crippen molar-refractivity contribution in [1.29, 1.82) is 0 Å². The number of hydrogen-bond acceptors (Lipinski definition) is 4. The summed E-state index contributed by atoms with van der Waals surface area (Å²) in [6.07, 6.45) is 4.99. The molecular weight excluding hydrogens is 298 g/mol. The molecule has 0 aromatic heterocycles. The Morgan fingerprint density at radius 2 is 1.50 bits per heavy atom. The van der Waals surface area contributed by atoms with Crippen molar-refractivity contribution >= 4 is 9.04 Å². The van der Waals surface area contributed by atoms with E-state index in [1.807, 2.05) is 0 Å². The van der Waals surface area contributed by atoms with Gasteiger partial charge in [0.1, 0.15) is 0 Å². The summed E-state index contributed by atoms with van der Waals surface area (Å²) < 4.78 is 6.87. The number of unbranched alkanes of at least 4 members (excludes halogenated alkanes) is 2. The van der Waals surface area contributed by atoms with E-state index < -0.39 is 14.5 Å². The first-order valence-corrected chi connectivity index (χ1v) is 10.6. The van der Waals surface area contributed by atoms with Crippen LogP contribution in [0.3, 0.4) is 0 Å². The van der Waals surface area contributed by atoms with Crippen molar-refractivity contribution in [3.05, 3.63) is 0 Å². The Bertz CT molecular complexity index is 265. The standard InChI is InChI=1S/C16H37NO4Si/c1-5-6-7-9-17(2,3)10-8-11-22(4)21-15-16(12-18,13-19)14-20/h18-20H,5-15H2,1-4H3/q+1. The molecule has 0 aromatic carbocycles. The highest BCUT2D eigenvalue weighted by Crippen LogP contribution is 2.17. The van der Waals surface area contributed by atoms with Crippen molar-refractivity contribution in [2.75, 3.05) is 53.6 Å². The molecule has 6 heteroatoms. The van der Waals surface area contributed by atoms with Gasteiger partial charge < -0.3 is 24.2 Å². The summed E-state index contributed by atoms with van der Waals surface area (Å²) in [5.74, 6) is 0. The zero-order valence-corrected chi connectivity index (χ0v) is 16.0. The summed E-state index contributed by atoms with van der Waals surface area (Å²) >= 11 is 0. The summed E-state index contributed by atoms with van der Waals surface area (Å²) in [6, 6.07) is 1.05. The van der Waals surface area contributed by atoms with Gasteiger partial charge in [0.15, 0.2) is 0 Å². The summed E-state index contributed by atoms with van der Waals surface area (Å²) in [5, 5.41) is 27.9. The lowest BCUT2D eigenvalue weighted by molar-refractivity contribution is -0.890. The summed E-state index contributed by atoms with van der Waals surface area (Å²) in [4.78, 5) is 0. The first-order valence-electron chi connectivity index (χ1n) is 8.44. The maximum atomic E-state index is 9.28. The van der Waals surface area contributed by atoms with Crippen LogP contribution < -0.4 is 0 Å². The molecule has 0 fully saturated rings. The third-order valence-corrected chi connectivity index (χ3v) is 5.99. The van der Waals surface area contributed by atoms with Crippen molar-refractivity contribution in [2.24, 2.45) is 5.41 Å². The molecule has 0 aromatic rings.